The van der Waals surface area contributed by atoms with Crippen LogP contribution in [0.5, 0.6) is 0 Å². The Labute approximate surface area is 136 Å². The zero-order valence-corrected chi connectivity index (χ0v) is 14.7. The van der Waals surface area contributed by atoms with Crippen LogP contribution in [0.1, 0.15) is 41.6 Å². The molecular formula is C19H24BrN. The lowest BCUT2D eigenvalue weighted by Gasteiger charge is -2.21. The highest BCUT2D eigenvalue weighted by Gasteiger charge is 2.13. The molecule has 0 saturated carbocycles. The molecule has 0 aliphatic carbocycles. The molecule has 2 rings (SSSR count). The van der Waals surface area contributed by atoms with Crippen molar-refractivity contribution < 1.29 is 0 Å². The first kappa shape index (κ1) is 16.3. The number of rotatable bonds is 6. The maximum atomic E-state index is 3.69. The second kappa shape index (κ2) is 7.77. The summed E-state index contributed by atoms with van der Waals surface area (Å²) in [6, 6.07) is 15.7. The van der Waals surface area contributed by atoms with Crippen LogP contribution in [0.3, 0.4) is 0 Å². The summed E-state index contributed by atoms with van der Waals surface area (Å²) in [5.74, 6) is 0. The fourth-order valence-corrected chi connectivity index (χ4v) is 2.89. The van der Waals surface area contributed by atoms with E-state index in [1.54, 1.807) is 0 Å². The predicted molar refractivity (Wildman–Crippen MR) is 94.8 cm³/mol. The van der Waals surface area contributed by atoms with Crippen molar-refractivity contribution in [1.82, 2.24) is 5.32 Å². The quantitative estimate of drug-likeness (QED) is 0.743. The predicted octanol–water partition coefficient (Wildman–Crippen LogP) is 5.35. The lowest BCUT2D eigenvalue weighted by Crippen LogP contribution is -2.24. The van der Waals surface area contributed by atoms with Crippen molar-refractivity contribution in [1.29, 1.82) is 0 Å². The topological polar surface area (TPSA) is 12.0 Å². The molecule has 0 aliphatic rings. The largest absolute Gasteiger partial charge is 0.310 e. The fraction of sp³-hybridized carbons (Fsp3) is 0.368. The van der Waals surface area contributed by atoms with Gasteiger partial charge >= 0.3 is 0 Å². The van der Waals surface area contributed by atoms with Gasteiger partial charge in [-0.2, -0.15) is 0 Å². The molecule has 2 aromatic rings. The van der Waals surface area contributed by atoms with Gasteiger partial charge in [0.05, 0.1) is 0 Å². The molecular weight excluding hydrogens is 322 g/mol. The number of halogens is 1. The molecule has 0 aliphatic heterocycles. The van der Waals surface area contributed by atoms with Gasteiger partial charge in [0.25, 0.3) is 0 Å². The monoisotopic (exact) mass is 345 g/mol. The summed E-state index contributed by atoms with van der Waals surface area (Å²) >= 11 is 3.66. The van der Waals surface area contributed by atoms with Gasteiger partial charge in [0.1, 0.15) is 0 Å². The van der Waals surface area contributed by atoms with Crippen molar-refractivity contribution in [2.45, 2.75) is 39.7 Å². The van der Waals surface area contributed by atoms with Crippen molar-refractivity contribution in [3.8, 4) is 0 Å². The first-order chi connectivity index (χ1) is 10.1. The van der Waals surface area contributed by atoms with E-state index in [0.29, 0.717) is 6.04 Å². The Hall–Kier alpha value is -1.12. The second-order valence-electron chi connectivity index (χ2n) is 5.67. The number of nitrogens with one attached hydrogen (secondary N) is 1. The molecule has 0 aromatic heterocycles. The van der Waals surface area contributed by atoms with Crippen LogP contribution in [-0.2, 0) is 6.42 Å². The van der Waals surface area contributed by atoms with Gasteiger partial charge in [-0.15, -0.1) is 0 Å². The highest BCUT2D eigenvalue weighted by atomic mass is 79.9. The van der Waals surface area contributed by atoms with Crippen molar-refractivity contribution in [2.24, 2.45) is 0 Å². The van der Waals surface area contributed by atoms with E-state index in [9.17, 15) is 0 Å². The van der Waals surface area contributed by atoms with Crippen molar-refractivity contribution in [3.05, 3.63) is 69.2 Å². The van der Waals surface area contributed by atoms with Gasteiger partial charge in [-0.25, -0.2) is 0 Å². The van der Waals surface area contributed by atoms with Gasteiger partial charge in [0, 0.05) is 10.5 Å². The highest BCUT2D eigenvalue weighted by Crippen LogP contribution is 2.27. The third-order valence-corrected chi connectivity index (χ3v) is 5.04. The van der Waals surface area contributed by atoms with E-state index < -0.39 is 0 Å². The zero-order valence-electron chi connectivity index (χ0n) is 13.1. The fourth-order valence-electron chi connectivity index (χ4n) is 2.66. The Morgan fingerprint density at radius 1 is 1.05 bits per heavy atom. The van der Waals surface area contributed by atoms with Gasteiger partial charge in [-0.3, -0.25) is 0 Å². The van der Waals surface area contributed by atoms with E-state index in [1.807, 2.05) is 0 Å². The molecule has 0 saturated heterocycles. The van der Waals surface area contributed by atoms with Crippen LogP contribution in [-0.4, -0.2) is 6.54 Å². The molecule has 0 amide bonds. The molecule has 0 fully saturated rings. The van der Waals surface area contributed by atoms with E-state index in [4.69, 9.17) is 0 Å². The van der Waals surface area contributed by atoms with E-state index in [1.165, 1.54) is 26.7 Å². The van der Waals surface area contributed by atoms with E-state index >= 15 is 0 Å². The van der Waals surface area contributed by atoms with Crippen LogP contribution in [0.25, 0.3) is 0 Å². The minimum absolute atomic E-state index is 0.373. The van der Waals surface area contributed by atoms with Crippen LogP contribution in [0.4, 0.5) is 0 Å². The third kappa shape index (κ3) is 4.42. The van der Waals surface area contributed by atoms with Crippen molar-refractivity contribution in [3.63, 3.8) is 0 Å². The summed E-state index contributed by atoms with van der Waals surface area (Å²) in [5.41, 5.74) is 5.37. The van der Waals surface area contributed by atoms with E-state index in [0.717, 1.165) is 19.4 Å². The minimum atomic E-state index is 0.373. The smallest absolute Gasteiger partial charge is 0.0361 e. The number of hydrogen-bond donors (Lipinski definition) is 1. The van der Waals surface area contributed by atoms with Crippen LogP contribution in [0.15, 0.2) is 46.9 Å². The van der Waals surface area contributed by atoms with Gasteiger partial charge in [-0.1, -0.05) is 65.3 Å². The van der Waals surface area contributed by atoms with Gasteiger partial charge in [0.15, 0.2) is 0 Å². The molecule has 112 valence electrons. The van der Waals surface area contributed by atoms with Gasteiger partial charge < -0.3 is 5.32 Å². The summed E-state index contributed by atoms with van der Waals surface area (Å²) in [4.78, 5) is 0. The lowest BCUT2D eigenvalue weighted by atomic mass is 9.96. The minimum Gasteiger partial charge on any atom is -0.310 e. The van der Waals surface area contributed by atoms with Crippen LogP contribution in [0.2, 0.25) is 0 Å². The molecule has 0 bridgehead atoms. The van der Waals surface area contributed by atoms with E-state index in [2.05, 4.69) is 84.5 Å². The Bertz CT molecular complexity index is 554. The first-order valence-corrected chi connectivity index (χ1v) is 8.45. The Balaban J connectivity index is 2.27. The van der Waals surface area contributed by atoms with Crippen molar-refractivity contribution >= 4 is 15.9 Å². The lowest BCUT2D eigenvalue weighted by molar-refractivity contribution is 0.528. The summed E-state index contributed by atoms with van der Waals surface area (Å²) in [6.45, 7) is 7.59. The van der Waals surface area contributed by atoms with Crippen LogP contribution < -0.4 is 5.32 Å². The Morgan fingerprint density at radius 2 is 1.67 bits per heavy atom. The van der Waals surface area contributed by atoms with E-state index in [-0.39, 0.29) is 0 Å². The number of aryl methyl sites for hydroxylation is 2. The van der Waals surface area contributed by atoms with Gasteiger partial charge in [0.2, 0.25) is 0 Å². The molecule has 0 heterocycles. The standard InChI is InChI=1S/C19H24BrN/c1-4-10-21-18(13-16-8-6-5-7-9-16)17-11-14(2)19(20)15(3)12-17/h5-9,11-12,18,21H,4,10,13H2,1-3H3. The maximum Gasteiger partial charge on any atom is 0.0361 e. The summed E-state index contributed by atoms with van der Waals surface area (Å²) in [7, 11) is 0. The molecule has 0 spiro atoms. The molecule has 1 unspecified atom stereocenters. The first-order valence-electron chi connectivity index (χ1n) is 7.65. The number of benzene rings is 2. The second-order valence-corrected chi connectivity index (χ2v) is 6.46. The number of hydrogen-bond acceptors (Lipinski definition) is 1. The molecule has 1 N–H and O–H groups in total. The van der Waals surface area contributed by atoms with Crippen molar-refractivity contribution in [2.75, 3.05) is 6.54 Å². The third-order valence-electron chi connectivity index (χ3n) is 3.78. The summed E-state index contributed by atoms with van der Waals surface area (Å²) in [5, 5.41) is 3.69. The molecule has 2 aromatic carbocycles. The Kier molecular flexibility index (Phi) is 6.01. The highest BCUT2D eigenvalue weighted by molar-refractivity contribution is 9.10. The molecule has 21 heavy (non-hydrogen) atoms. The van der Waals surface area contributed by atoms with Crippen LogP contribution >= 0.6 is 15.9 Å². The van der Waals surface area contributed by atoms with Gasteiger partial charge in [-0.05, 0) is 55.5 Å². The average Bonchev–Trinajstić information content (AvgIpc) is 2.49. The van der Waals surface area contributed by atoms with Crippen LogP contribution in [0, 0.1) is 13.8 Å². The SMILES string of the molecule is CCCNC(Cc1ccccc1)c1cc(C)c(Br)c(C)c1. The molecule has 1 nitrogen and oxygen atoms in total. The Morgan fingerprint density at radius 3 is 2.24 bits per heavy atom. The molecule has 2 heteroatoms. The maximum absolute atomic E-state index is 3.69. The summed E-state index contributed by atoms with van der Waals surface area (Å²) in [6.07, 6.45) is 2.18. The summed E-state index contributed by atoms with van der Waals surface area (Å²) < 4.78 is 1.22. The zero-order chi connectivity index (χ0) is 15.2. The normalized spacial score (nSPS) is 12.4. The average molecular weight is 346 g/mol. The molecule has 1 atom stereocenters. The molecule has 0 radical (unpaired) electrons.